The molecule has 2 N–H and O–H groups in total. The molecule has 0 aliphatic carbocycles. The van der Waals surface area contributed by atoms with Crippen LogP contribution in [0.25, 0.3) is 17.0 Å². The van der Waals surface area contributed by atoms with Crippen molar-refractivity contribution in [1.82, 2.24) is 9.88 Å². The number of nitrogens with one attached hydrogen (secondary N) is 2. The number of carbonyl (C=O) groups is 4. The van der Waals surface area contributed by atoms with E-state index in [9.17, 15) is 19.2 Å². The Hall–Kier alpha value is -4.69. The average Bonchev–Trinajstić information content (AvgIpc) is 3.20. The third-order valence-electron chi connectivity index (χ3n) is 5.68. The van der Waals surface area contributed by atoms with E-state index in [1.54, 1.807) is 35.0 Å². The maximum Gasteiger partial charge on any atom is 0.335 e. The molecule has 1 fully saturated rings. The number of urea groups is 1. The Bertz CT molecular complexity index is 1540. The molecule has 1 aliphatic heterocycles. The van der Waals surface area contributed by atoms with Crippen molar-refractivity contribution in [2.75, 3.05) is 10.2 Å². The van der Waals surface area contributed by atoms with Crippen LogP contribution in [0.1, 0.15) is 5.56 Å². The first-order valence-corrected chi connectivity index (χ1v) is 11.4. The van der Waals surface area contributed by atoms with Crippen LogP contribution in [0.5, 0.6) is 0 Å². The Balaban J connectivity index is 1.49. The Morgan fingerprint density at radius 1 is 0.917 bits per heavy atom. The summed E-state index contributed by atoms with van der Waals surface area (Å²) in [5.74, 6) is -1.79. The highest BCUT2D eigenvalue weighted by atomic mass is 35.5. The highest BCUT2D eigenvalue weighted by molar-refractivity contribution is 6.39. The van der Waals surface area contributed by atoms with Gasteiger partial charge in [-0.25, -0.2) is 9.69 Å². The third kappa shape index (κ3) is 4.49. The van der Waals surface area contributed by atoms with Gasteiger partial charge < -0.3 is 9.88 Å². The molecule has 1 saturated heterocycles. The summed E-state index contributed by atoms with van der Waals surface area (Å²) in [4.78, 5) is 51.9. The number of hydrogen-bond donors (Lipinski definition) is 2. The summed E-state index contributed by atoms with van der Waals surface area (Å²) in [6, 6.07) is 21.7. The molecule has 0 bridgehead atoms. The lowest BCUT2D eigenvalue weighted by Gasteiger charge is -2.26. The van der Waals surface area contributed by atoms with Crippen LogP contribution in [-0.4, -0.2) is 28.3 Å². The Morgan fingerprint density at radius 3 is 2.36 bits per heavy atom. The number of para-hydroxylation sites is 2. The van der Waals surface area contributed by atoms with E-state index in [1.165, 1.54) is 18.2 Å². The van der Waals surface area contributed by atoms with E-state index in [0.29, 0.717) is 16.3 Å². The van der Waals surface area contributed by atoms with Crippen molar-refractivity contribution in [2.24, 2.45) is 0 Å². The monoisotopic (exact) mass is 498 g/mol. The van der Waals surface area contributed by atoms with Gasteiger partial charge in [0.1, 0.15) is 12.1 Å². The van der Waals surface area contributed by atoms with Crippen LogP contribution >= 0.6 is 11.6 Å². The second kappa shape index (κ2) is 9.52. The van der Waals surface area contributed by atoms with Crippen LogP contribution in [0.2, 0.25) is 5.02 Å². The topological polar surface area (TPSA) is 101 Å². The molecule has 8 nitrogen and oxygen atoms in total. The molecule has 9 heteroatoms. The summed E-state index contributed by atoms with van der Waals surface area (Å²) < 4.78 is 1.74. The smallest absolute Gasteiger partial charge is 0.335 e. The highest BCUT2D eigenvalue weighted by Gasteiger charge is 2.37. The van der Waals surface area contributed by atoms with Gasteiger partial charge in [0, 0.05) is 33.4 Å². The summed E-state index contributed by atoms with van der Waals surface area (Å²) in [5, 5.41) is 6.25. The maximum absolute atomic E-state index is 13.2. The van der Waals surface area contributed by atoms with Crippen LogP contribution in [0.15, 0.2) is 90.6 Å². The Morgan fingerprint density at radius 2 is 1.61 bits per heavy atom. The van der Waals surface area contributed by atoms with Crippen molar-refractivity contribution in [2.45, 2.75) is 6.54 Å². The molecule has 0 radical (unpaired) electrons. The van der Waals surface area contributed by atoms with Crippen LogP contribution in [0, 0.1) is 0 Å². The van der Waals surface area contributed by atoms with Crippen molar-refractivity contribution in [3.05, 3.63) is 101 Å². The summed E-state index contributed by atoms with van der Waals surface area (Å²) >= 11 is 5.92. The molecule has 3 aromatic carbocycles. The number of imide groups is 2. The fraction of sp³-hybridized carbons (Fsp3) is 0.0370. The van der Waals surface area contributed by atoms with Crippen LogP contribution in [-0.2, 0) is 20.9 Å². The first-order chi connectivity index (χ1) is 17.4. The van der Waals surface area contributed by atoms with Crippen molar-refractivity contribution in [3.63, 3.8) is 0 Å². The standard InChI is InChI=1S/C27H19ClN4O4/c28-18-10-12-20(13-11-18)32-26(35)22(25(34)30-27(32)36)14-17-15-31(23-9-5-4-8-21(17)23)16-24(33)29-19-6-2-1-3-7-19/h1-15H,16H2,(H,29,33)(H,30,34,36)/b22-14-. The molecule has 178 valence electrons. The average molecular weight is 499 g/mol. The van der Waals surface area contributed by atoms with E-state index in [0.717, 1.165) is 15.8 Å². The van der Waals surface area contributed by atoms with Gasteiger partial charge >= 0.3 is 6.03 Å². The van der Waals surface area contributed by atoms with E-state index >= 15 is 0 Å². The second-order valence-corrected chi connectivity index (χ2v) is 8.51. The molecule has 1 aromatic heterocycles. The first kappa shape index (κ1) is 23.1. The van der Waals surface area contributed by atoms with Crippen LogP contribution in [0.4, 0.5) is 16.2 Å². The van der Waals surface area contributed by atoms with Gasteiger partial charge in [-0.05, 0) is 48.5 Å². The molecular formula is C27H19ClN4O4. The minimum atomic E-state index is -0.843. The molecule has 5 rings (SSSR count). The number of carbonyl (C=O) groups excluding carboxylic acids is 4. The highest BCUT2D eigenvalue weighted by Crippen LogP contribution is 2.27. The number of benzene rings is 3. The van der Waals surface area contributed by atoms with E-state index < -0.39 is 17.8 Å². The third-order valence-corrected chi connectivity index (χ3v) is 5.93. The number of rotatable bonds is 5. The van der Waals surface area contributed by atoms with E-state index in [4.69, 9.17) is 11.6 Å². The molecular weight excluding hydrogens is 480 g/mol. The van der Waals surface area contributed by atoms with Gasteiger partial charge in [-0.1, -0.05) is 48.0 Å². The number of halogens is 1. The number of fused-ring (bicyclic) bond motifs is 1. The largest absolute Gasteiger partial charge is 0.337 e. The van der Waals surface area contributed by atoms with Gasteiger partial charge in [0.25, 0.3) is 11.8 Å². The van der Waals surface area contributed by atoms with E-state index in [2.05, 4.69) is 10.6 Å². The van der Waals surface area contributed by atoms with Crippen molar-refractivity contribution < 1.29 is 19.2 Å². The molecule has 0 atom stereocenters. The second-order valence-electron chi connectivity index (χ2n) is 8.08. The fourth-order valence-electron chi connectivity index (χ4n) is 4.04. The van der Waals surface area contributed by atoms with Crippen LogP contribution in [0.3, 0.4) is 0 Å². The maximum atomic E-state index is 13.2. The van der Waals surface area contributed by atoms with Gasteiger partial charge in [-0.3, -0.25) is 19.7 Å². The van der Waals surface area contributed by atoms with Crippen LogP contribution < -0.4 is 15.5 Å². The Kier molecular flexibility index (Phi) is 6.10. The number of amides is 5. The lowest BCUT2D eigenvalue weighted by Crippen LogP contribution is -2.54. The molecule has 0 saturated carbocycles. The lowest BCUT2D eigenvalue weighted by molar-refractivity contribution is -0.122. The number of barbiturate groups is 1. The number of hydrogen-bond acceptors (Lipinski definition) is 4. The number of aromatic nitrogens is 1. The predicted molar refractivity (Wildman–Crippen MR) is 137 cm³/mol. The number of anilines is 2. The molecule has 1 aliphatic rings. The normalized spacial score (nSPS) is 14.9. The van der Waals surface area contributed by atoms with Gasteiger partial charge in [-0.15, -0.1) is 0 Å². The minimum absolute atomic E-state index is 0.0219. The zero-order chi connectivity index (χ0) is 25.2. The number of nitrogens with zero attached hydrogens (tertiary/aromatic N) is 2. The van der Waals surface area contributed by atoms with Gasteiger partial charge in [0.05, 0.1) is 5.69 Å². The zero-order valence-electron chi connectivity index (χ0n) is 18.8. The Labute approximate surface area is 210 Å². The SMILES string of the molecule is O=C(Cn1cc(/C=C2/C(=O)NC(=O)N(c3ccc(Cl)cc3)C2=O)c2ccccc21)Nc1ccccc1. The van der Waals surface area contributed by atoms with Gasteiger partial charge in [0.15, 0.2) is 0 Å². The molecule has 36 heavy (non-hydrogen) atoms. The molecule has 0 unspecified atom stereocenters. The quantitative estimate of drug-likeness (QED) is 0.310. The minimum Gasteiger partial charge on any atom is -0.337 e. The molecule has 4 aromatic rings. The van der Waals surface area contributed by atoms with Crippen molar-refractivity contribution in [1.29, 1.82) is 0 Å². The summed E-state index contributed by atoms with van der Waals surface area (Å²) in [6.07, 6.45) is 3.13. The molecule has 0 spiro atoms. The predicted octanol–water partition coefficient (Wildman–Crippen LogP) is 4.60. The van der Waals surface area contributed by atoms with E-state index in [-0.39, 0.29) is 23.7 Å². The zero-order valence-corrected chi connectivity index (χ0v) is 19.5. The molecule has 5 amide bonds. The van der Waals surface area contributed by atoms with E-state index in [1.807, 2.05) is 42.5 Å². The summed E-state index contributed by atoms with van der Waals surface area (Å²) in [7, 11) is 0. The molecule has 2 heterocycles. The summed E-state index contributed by atoms with van der Waals surface area (Å²) in [6.45, 7) is 0.0219. The van der Waals surface area contributed by atoms with Gasteiger partial charge in [-0.2, -0.15) is 0 Å². The van der Waals surface area contributed by atoms with Gasteiger partial charge in [0.2, 0.25) is 5.91 Å². The summed E-state index contributed by atoms with van der Waals surface area (Å²) in [5.41, 5.74) is 2.06. The van der Waals surface area contributed by atoms with Crippen molar-refractivity contribution >= 4 is 63.7 Å². The van der Waals surface area contributed by atoms with Crippen molar-refractivity contribution in [3.8, 4) is 0 Å². The fourth-order valence-corrected chi connectivity index (χ4v) is 4.16. The first-order valence-electron chi connectivity index (χ1n) is 11.0. The lowest BCUT2D eigenvalue weighted by atomic mass is 10.1.